The van der Waals surface area contributed by atoms with Crippen LogP contribution in [0.2, 0.25) is 0 Å². The highest BCUT2D eigenvalue weighted by Gasteiger charge is 2.20. The largest absolute Gasteiger partial charge is 0.468 e. The van der Waals surface area contributed by atoms with Crippen LogP contribution in [-0.2, 0) is 16.6 Å². The molecule has 2 heterocycles. The van der Waals surface area contributed by atoms with E-state index in [9.17, 15) is 18.0 Å². The first kappa shape index (κ1) is 12.3. The molecular weight excluding hydrogens is 264 g/mol. The van der Waals surface area contributed by atoms with E-state index >= 15 is 0 Å². The fourth-order valence-corrected chi connectivity index (χ4v) is 2.10. The molecule has 0 bridgehead atoms. The Kier molecular flexibility index (Phi) is 3.12. The van der Waals surface area contributed by atoms with Gasteiger partial charge in [0.15, 0.2) is 0 Å². The number of hydrogen-bond acceptors (Lipinski definition) is 6. The third kappa shape index (κ3) is 2.55. The summed E-state index contributed by atoms with van der Waals surface area (Å²) in [5, 5.41) is 4.21. The summed E-state index contributed by atoms with van der Waals surface area (Å²) in [6.07, 6.45) is 1.38. The van der Waals surface area contributed by atoms with E-state index in [0.29, 0.717) is 5.76 Å². The van der Waals surface area contributed by atoms with Crippen LogP contribution in [0.25, 0.3) is 0 Å². The Hall–Kier alpha value is -2.20. The number of furan rings is 1. The maximum atomic E-state index is 11.7. The molecule has 0 unspecified atom stereocenters. The van der Waals surface area contributed by atoms with Crippen LogP contribution in [0.4, 0.5) is 0 Å². The van der Waals surface area contributed by atoms with Crippen LogP contribution in [0, 0.1) is 0 Å². The molecule has 0 atom stereocenters. The zero-order valence-corrected chi connectivity index (χ0v) is 9.65. The number of H-pyrrole nitrogens is 2. The summed E-state index contributed by atoms with van der Waals surface area (Å²) in [7, 11) is -4.12. The molecule has 18 heavy (non-hydrogen) atoms. The van der Waals surface area contributed by atoms with Crippen LogP contribution in [0.1, 0.15) is 5.76 Å². The molecule has 3 N–H and O–H groups in total. The summed E-state index contributed by atoms with van der Waals surface area (Å²) in [6.45, 7) is -0.129. The van der Waals surface area contributed by atoms with Crippen LogP contribution in [0.3, 0.4) is 0 Å². The van der Waals surface area contributed by atoms with Crippen LogP contribution >= 0.6 is 0 Å². The monoisotopic (exact) mass is 272 g/mol. The van der Waals surface area contributed by atoms with Gasteiger partial charge < -0.3 is 4.42 Å². The topological polar surface area (TPSA) is 138 Å². The van der Waals surface area contributed by atoms with Gasteiger partial charge in [-0.1, -0.05) is 0 Å². The summed E-state index contributed by atoms with van der Waals surface area (Å²) in [5.74, 6) is 0.374. The van der Waals surface area contributed by atoms with Crippen LogP contribution in [0.15, 0.2) is 37.4 Å². The van der Waals surface area contributed by atoms with Crippen molar-refractivity contribution in [2.24, 2.45) is 0 Å². The summed E-state index contributed by atoms with van der Waals surface area (Å²) in [4.78, 5) is 23.7. The second-order valence-electron chi connectivity index (χ2n) is 3.22. The van der Waals surface area contributed by atoms with Crippen LogP contribution < -0.4 is 16.0 Å². The van der Waals surface area contributed by atoms with Crippen LogP contribution in [0.5, 0.6) is 0 Å². The molecular formula is C8H8N4O5S. The predicted octanol–water partition coefficient (Wildman–Crippen LogP) is -1.47. The van der Waals surface area contributed by atoms with Crippen molar-refractivity contribution >= 4 is 10.0 Å². The first-order chi connectivity index (χ1) is 8.49. The minimum atomic E-state index is -4.12. The van der Waals surface area contributed by atoms with Crippen molar-refractivity contribution in [3.05, 3.63) is 45.0 Å². The van der Waals surface area contributed by atoms with Gasteiger partial charge >= 0.3 is 5.69 Å². The molecule has 0 amide bonds. The van der Waals surface area contributed by atoms with Gasteiger partial charge in [0.1, 0.15) is 5.76 Å². The Morgan fingerprint density at radius 3 is 2.78 bits per heavy atom. The number of nitrogens with zero attached hydrogens (tertiary/aromatic N) is 1. The summed E-state index contributed by atoms with van der Waals surface area (Å²) in [6, 6.07) is 3.15. The maximum absolute atomic E-state index is 11.7. The molecule has 0 spiro atoms. The van der Waals surface area contributed by atoms with Gasteiger partial charge in [0.25, 0.3) is 20.6 Å². The minimum Gasteiger partial charge on any atom is -0.468 e. The lowest BCUT2D eigenvalue weighted by Crippen LogP contribution is -2.34. The fraction of sp³-hybridized carbons (Fsp3) is 0.125. The van der Waals surface area contributed by atoms with Gasteiger partial charge in [-0.3, -0.25) is 9.78 Å². The molecule has 10 heteroatoms. The Morgan fingerprint density at radius 2 is 2.17 bits per heavy atom. The highest BCUT2D eigenvalue weighted by molar-refractivity contribution is 7.89. The van der Waals surface area contributed by atoms with Gasteiger partial charge in [-0.2, -0.15) is 5.10 Å². The quantitative estimate of drug-likeness (QED) is 0.621. The summed E-state index contributed by atoms with van der Waals surface area (Å²) >= 11 is 0. The van der Waals surface area contributed by atoms with E-state index in [0.717, 1.165) is 0 Å². The molecule has 0 aromatic carbocycles. The molecule has 9 nitrogen and oxygen atoms in total. The van der Waals surface area contributed by atoms with E-state index in [2.05, 4.69) is 9.82 Å². The molecule has 0 aliphatic rings. The maximum Gasteiger partial charge on any atom is 0.342 e. The number of aromatic amines is 2. The Bertz CT molecular complexity index is 742. The molecule has 0 radical (unpaired) electrons. The molecule has 2 aromatic rings. The van der Waals surface area contributed by atoms with E-state index in [1.165, 1.54) is 6.26 Å². The highest BCUT2D eigenvalue weighted by atomic mass is 32.2. The third-order valence-corrected chi connectivity index (χ3v) is 3.26. The summed E-state index contributed by atoms with van der Waals surface area (Å²) < 4.78 is 30.4. The van der Waals surface area contributed by atoms with Gasteiger partial charge in [-0.05, 0) is 12.1 Å². The number of nitrogens with one attached hydrogen (secondary N) is 3. The summed E-state index contributed by atoms with van der Waals surface area (Å²) in [5.41, 5.74) is -1.98. The predicted molar refractivity (Wildman–Crippen MR) is 58.2 cm³/mol. The molecule has 0 saturated carbocycles. The average molecular weight is 272 g/mol. The van der Waals surface area contributed by atoms with E-state index < -0.39 is 26.3 Å². The van der Waals surface area contributed by atoms with Crippen molar-refractivity contribution in [1.82, 2.24) is 19.9 Å². The van der Waals surface area contributed by atoms with Crippen molar-refractivity contribution in [2.45, 2.75) is 11.6 Å². The molecule has 0 fully saturated rings. The zero-order chi connectivity index (χ0) is 13.2. The van der Waals surface area contributed by atoms with Gasteiger partial charge in [0, 0.05) is 0 Å². The minimum absolute atomic E-state index is 0.129. The van der Waals surface area contributed by atoms with E-state index in [-0.39, 0.29) is 6.54 Å². The second kappa shape index (κ2) is 4.58. The lowest BCUT2D eigenvalue weighted by atomic mass is 10.5. The molecule has 0 aliphatic heterocycles. The molecule has 0 saturated heterocycles. The molecule has 2 aromatic heterocycles. The van der Waals surface area contributed by atoms with Crippen molar-refractivity contribution < 1.29 is 12.8 Å². The Morgan fingerprint density at radius 1 is 1.39 bits per heavy atom. The zero-order valence-electron chi connectivity index (χ0n) is 8.84. The normalized spacial score (nSPS) is 11.6. The smallest absolute Gasteiger partial charge is 0.342 e. The standard InChI is InChI=1S/C8H8N4O5S/c13-6-7(11-12-8(14)10-6)18(15,16)9-4-5-2-1-3-17-5/h1-3,9H,4H2,(H2,10,12,13,14). The second-order valence-corrected chi connectivity index (χ2v) is 4.90. The van der Waals surface area contributed by atoms with Gasteiger partial charge in [-0.25, -0.2) is 23.0 Å². The number of rotatable bonds is 4. The fourth-order valence-electron chi connectivity index (χ4n) is 1.17. The Labute approximate surface area is 99.9 Å². The van der Waals surface area contributed by atoms with Gasteiger partial charge in [0.2, 0.25) is 0 Å². The number of aromatic nitrogens is 3. The first-order valence-electron chi connectivity index (χ1n) is 4.70. The Balaban J connectivity index is 2.26. The van der Waals surface area contributed by atoms with Gasteiger partial charge in [-0.15, -0.1) is 0 Å². The molecule has 0 aliphatic carbocycles. The van der Waals surface area contributed by atoms with Crippen LogP contribution in [-0.4, -0.2) is 23.6 Å². The molecule has 2 rings (SSSR count). The SMILES string of the molecule is O=c1[nH]nc(S(=O)(=O)NCc2ccco2)c(=O)[nH]1. The van der Waals surface area contributed by atoms with Crippen molar-refractivity contribution in [3.8, 4) is 0 Å². The average Bonchev–Trinajstić information content (AvgIpc) is 2.78. The van der Waals surface area contributed by atoms with Crippen molar-refractivity contribution in [2.75, 3.05) is 0 Å². The van der Waals surface area contributed by atoms with Crippen molar-refractivity contribution in [1.29, 1.82) is 0 Å². The third-order valence-electron chi connectivity index (χ3n) is 1.95. The van der Waals surface area contributed by atoms with E-state index in [1.807, 2.05) is 5.10 Å². The lowest BCUT2D eigenvalue weighted by Gasteiger charge is -2.02. The van der Waals surface area contributed by atoms with Crippen molar-refractivity contribution in [3.63, 3.8) is 0 Å². The molecule has 96 valence electrons. The number of sulfonamides is 1. The highest BCUT2D eigenvalue weighted by Crippen LogP contribution is 2.02. The van der Waals surface area contributed by atoms with Gasteiger partial charge in [0.05, 0.1) is 12.8 Å². The first-order valence-corrected chi connectivity index (χ1v) is 6.18. The number of hydrogen-bond donors (Lipinski definition) is 3. The van der Waals surface area contributed by atoms with E-state index in [1.54, 1.807) is 17.1 Å². The van der Waals surface area contributed by atoms with E-state index in [4.69, 9.17) is 4.42 Å². The lowest BCUT2D eigenvalue weighted by molar-refractivity contribution is 0.497.